The molecule has 5 nitrogen and oxygen atoms in total. The van der Waals surface area contributed by atoms with Crippen LogP contribution in [0.2, 0.25) is 5.02 Å². The minimum Gasteiger partial charge on any atom is -0.398 e. The highest BCUT2D eigenvalue weighted by Crippen LogP contribution is 2.31. The predicted molar refractivity (Wildman–Crippen MR) is 81.3 cm³/mol. The first kappa shape index (κ1) is 14.8. The zero-order valence-corrected chi connectivity index (χ0v) is 13.0. The summed E-state index contributed by atoms with van der Waals surface area (Å²) in [5.74, 6) is 1.19. The Kier molecular flexibility index (Phi) is 3.99. The molecule has 0 fully saturated rings. The number of hydrogen-bond donors (Lipinski definition) is 1. The van der Waals surface area contributed by atoms with E-state index in [0.717, 1.165) is 12.1 Å². The van der Waals surface area contributed by atoms with E-state index in [0.29, 0.717) is 22.5 Å². The zero-order valence-electron chi connectivity index (χ0n) is 12.3. The lowest BCUT2D eigenvalue weighted by Gasteiger charge is -2.29. The Bertz CT molecular complexity index is 603. The van der Waals surface area contributed by atoms with Gasteiger partial charge >= 0.3 is 0 Å². The summed E-state index contributed by atoms with van der Waals surface area (Å²) in [6, 6.07) is 5.35. The summed E-state index contributed by atoms with van der Waals surface area (Å²) < 4.78 is 1.81. The van der Waals surface area contributed by atoms with Crippen molar-refractivity contribution in [3.05, 3.63) is 23.2 Å². The number of hydrogen-bond acceptors (Lipinski definition) is 4. The van der Waals surface area contributed by atoms with E-state index in [1.165, 1.54) is 0 Å². The third-order valence-corrected chi connectivity index (χ3v) is 4.14. The fourth-order valence-electron chi connectivity index (χ4n) is 1.81. The van der Waals surface area contributed by atoms with Crippen LogP contribution in [0.4, 0.5) is 5.69 Å². The second-order valence-electron chi connectivity index (χ2n) is 6.03. The molecule has 0 unspecified atom stereocenters. The molecule has 0 spiro atoms. The van der Waals surface area contributed by atoms with E-state index in [1.807, 2.05) is 6.07 Å². The SMILES string of the molecule is CC(C)C(C)(C)Cn1nnnc1-c1ccc(Cl)cc1N. The van der Waals surface area contributed by atoms with Crippen molar-refractivity contribution in [1.29, 1.82) is 0 Å². The molecule has 1 heterocycles. The summed E-state index contributed by atoms with van der Waals surface area (Å²) in [4.78, 5) is 0. The summed E-state index contributed by atoms with van der Waals surface area (Å²) >= 11 is 5.93. The van der Waals surface area contributed by atoms with E-state index < -0.39 is 0 Å². The van der Waals surface area contributed by atoms with Gasteiger partial charge in [-0.3, -0.25) is 0 Å². The molecule has 1 aromatic heterocycles. The van der Waals surface area contributed by atoms with Gasteiger partial charge in [0, 0.05) is 16.3 Å². The lowest BCUT2D eigenvalue weighted by atomic mass is 9.81. The van der Waals surface area contributed by atoms with Gasteiger partial charge in [-0.25, -0.2) is 4.68 Å². The molecule has 0 atom stereocenters. The second-order valence-corrected chi connectivity index (χ2v) is 6.47. The summed E-state index contributed by atoms with van der Waals surface area (Å²) in [6.45, 7) is 9.53. The van der Waals surface area contributed by atoms with Gasteiger partial charge in [0.2, 0.25) is 0 Å². The van der Waals surface area contributed by atoms with E-state index in [1.54, 1.807) is 16.8 Å². The Balaban J connectivity index is 2.38. The number of rotatable bonds is 4. The molecule has 0 radical (unpaired) electrons. The molecule has 20 heavy (non-hydrogen) atoms. The van der Waals surface area contributed by atoms with Crippen LogP contribution in [0.15, 0.2) is 18.2 Å². The summed E-state index contributed by atoms with van der Waals surface area (Å²) in [5.41, 5.74) is 7.48. The average Bonchev–Trinajstić information content (AvgIpc) is 2.76. The highest BCUT2D eigenvalue weighted by Gasteiger charge is 2.25. The third-order valence-electron chi connectivity index (χ3n) is 3.91. The Hall–Kier alpha value is -1.62. The second kappa shape index (κ2) is 5.40. The van der Waals surface area contributed by atoms with Crippen LogP contribution in [0, 0.1) is 11.3 Å². The molecule has 0 aliphatic rings. The van der Waals surface area contributed by atoms with Crippen molar-refractivity contribution in [3.8, 4) is 11.4 Å². The monoisotopic (exact) mass is 293 g/mol. The highest BCUT2D eigenvalue weighted by molar-refractivity contribution is 6.31. The molecule has 108 valence electrons. The number of benzene rings is 1. The van der Waals surface area contributed by atoms with E-state index >= 15 is 0 Å². The first-order valence-corrected chi connectivity index (χ1v) is 7.00. The minimum atomic E-state index is 0.0886. The van der Waals surface area contributed by atoms with Crippen LogP contribution in [0.5, 0.6) is 0 Å². The van der Waals surface area contributed by atoms with E-state index in [2.05, 4.69) is 43.2 Å². The molecular formula is C14H20ClN5. The number of anilines is 1. The lowest BCUT2D eigenvalue weighted by Crippen LogP contribution is -2.26. The number of nitrogen functional groups attached to an aromatic ring is 1. The van der Waals surface area contributed by atoms with Crippen molar-refractivity contribution in [2.24, 2.45) is 11.3 Å². The number of halogens is 1. The fraction of sp³-hybridized carbons (Fsp3) is 0.500. The predicted octanol–water partition coefficient (Wildman–Crippen LogP) is 3.26. The summed E-state index contributed by atoms with van der Waals surface area (Å²) in [7, 11) is 0. The van der Waals surface area contributed by atoms with E-state index in [9.17, 15) is 0 Å². The van der Waals surface area contributed by atoms with Crippen molar-refractivity contribution in [3.63, 3.8) is 0 Å². The summed E-state index contributed by atoms with van der Waals surface area (Å²) in [5, 5.41) is 12.6. The molecule has 2 N–H and O–H groups in total. The van der Waals surface area contributed by atoms with Gasteiger partial charge in [-0.05, 0) is 40.0 Å². The van der Waals surface area contributed by atoms with Gasteiger partial charge in [0.05, 0.1) is 6.54 Å². The van der Waals surface area contributed by atoms with E-state index in [-0.39, 0.29) is 5.41 Å². The van der Waals surface area contributed by atoms with E-state index in [4.69, 9.17) is 17.3 Å². The fourth-order valence-corrected chi connectivity index (χ4v) is 1.99. The quantitative estimate of drug-likeness (QED) is 0.879. The molecule has 0 amide bonds. The minimum absolute atomic E-state index is 0.0886. The van der Waals surface area contributed by atoms with Gasteiger partial charge in [0.15, 0.2) is 5.82 Å². The van der Waals surface area contributed by atoms with Crippen LogP contribution in [0.1, 0.15) is 27.7 Å². The Morgan fingerprint density at radius 3 is 2.65 bits per heavy atom. The third kappa shape index (κ3) is 2.93. The molecule has 6 heteroatoms. The Labute approximate surface area is 124 Å². The molecular weight excluding hydrogens is 274 g/mol. The van der Waals surface area contributed by atoms with Crippen LogP contribution in [0.25, 0.3) is 11.4 Å². The maximum Gasteiger partial charge on any atom is 0.184 e. The van der Waals surface area contributed by atoms with Gasteiger partial charge in [0.25, 0.3) is 0 Å². The first-order valence-electron chi connectivity index (χ1n) is 6.63. The van der Waals surface area contributed by atoms with Crippen molar-refractivity contribution < 1.29 is 0 Å². The van der Waals surface area contributed by atoms with Crippen LogP contribution in [-0.2, 0) is 6.54 Å². The standard InChI is InChI=1S/C14H20ClN5/c1-9(2)14(3,4)8-20-13(17-18-19-20)11-6-5-10(15)7-12(11)16/h5-7,9H,8,16H2,1-4H3. The zero-order chi connectivity index (χ0) is 14.9. The molecule has 0 aliphatic heterocycles. The number of nitrogens with two attached hydrogens (primary N) is 1. The Morgan fingerprint density at radius 2 is 2.05 bits per heavy atom. The number of aromatic nitrogens is 4. The maximum absolute atomic E-state index is 6.01. The van der Waals surface area contributed by atoms with Gasteiger partial charge in [0.1, 0.15) is 0 Å². The van der Waals surface area contributed by atoms with Gasteiger partial charge in [-0.15, -0.1) is 5.10 Å². The Morgan fingerprint density at radius 1 is 1.35 bits per heavy atom. The number of tetrazole rings is 1. The van der Waals surface area contributed by atoms with Gasteiger partial charge in [-0.1, -0.05) is 39.3 Å². The highest BCUT2D eigenvalue weighted by atomic mass is 35.5. The smallest absolute Gasteiger partial charge is 0.184 e. The molecule has 0 bridgehead atoms. The molecule has 2 aromatic rings. The molecule has 0 saturated heterocycles. The molecule has 2 rings (SSSR count). The van der Waals surface area contributed by atoms with Crippen molar-refractivity contribution in [2.45, 2.75) is 34.2 Å². The van der Waals surface area contributed by atoms with Crippen LogP contribution < -0.4 is 5.73 Å². The maximum atomic E-state index is 6.01. The summed E-state index contributed by atoms with van der Waals surface area (Å²) in [6.07, 6.45) is 0. The first-order chi connectivity index (χ1) is 9.31. The van der Waals surface area contributed by atoms with Crippen LogP contribution >= 0.6 is 11.6 Å². The number of nitrogens with zero attached hydrogens (tertiary/aromatic N) is 4. The van der Waals surface area contributed by atoms with Crippen molar-refractivity contribution >= 4 is 17.3 Å². The largest absolute Gasteiger partial charge is 0.398 e. The average molecular weight is 294 g/mol. The van der Waals surface area contributed by atoms with Crippen LogP contribution in [0.3, 0.4) is 0 Å². The van der Waals surface area contributed by atoms with Gasteiger partial charge in [-0.2, -0.15) is 0 Å². The molecule has 0 saturated carbocycles. The topological polar surface area (TPSA) is 69.6 Å². The normalized spacial score (nSPS) is 12.1. The lowest BCUT2D eigenvalue weighted by molar-refractivity contribution is 0.200. The van der Waals surface area contributed by atoms with Gasteiger partial charge < -0.3 is 5.73 Å². The van der Waals surface area contributed by atoms with Crippen molar-refractivity contribution in [2.75, 3.05) is 5.73 Å². The molecule has 0 aliphatic carbocycles. The van der Waals surface area contributed by atoms with Crippen molar-refractivity contribution in [1.82, 2.24) is 20.2 Å². The van der Waals surface area contributed by atoms with Crippen LogP contribution in [-0.4, -0.2) is 20.2 Å². The molecule has 1 aromatic carbocycles.